The summed E-state index contributed by atoms with van der Waals surface area (Å²) < 4.78 is 33.1. The highest BCUT2D eigenvalue weighted by atomic mass is 32.2. The maximum atomic E-state index is 13.8. The maximum absolute atomic E-state index is 13.8. The van der Waals surface area contributed by atoms with Crippen LogP contribution >= 0.6 is 0 Å². The van der Waals surface area contributed by atoms with E-state index in [1.165, 1.54) is 18.7 Å². The Labute approximate surface area is 286 Å². The number of amides is 1. The molecule has 0 spiro atoms. The van der Waals surface area contributed by atoms with Gasteiger partial charge >= 0.3 is 0 Å². The molecule has 4 N–H and O–H groups in total. The molecule has 1 aliphatic carbocycles. The van der Waals surface area contributed by atoms with Crippen molar-refractivity contribution in [3.8, 4) is 5.75 Å². The Hall–Kier alpha value is -3.74. The predicted octanol–water partition coefficient (Wildman–Crippen LogP) is 4.64. The number of aromatic nitrogens is 2. The van der Waals surface area contributed by atoms with Crippen LogP contribution in [0.3, 0.4) is 0 Å². The molecule has 0 radical (unpaired) electrons. The number of hydrogen-bond donors (Lipinski definition) is 4. The number of ether oxygens (including phenoxy) is 1. The average molecular weight is 681 g/mol. The number of hydrogen-bond acceptors (Lipinski definition) is 9. The summed E-state index contributed by atoms with van der Waals surface area (Å²) in [5.41, 5.74) is 2.73. The van der Waals surface area contributed by atoms with Crippen molar-refractivity contribution in [2.45, 2.75) is 78.3 Å². The zero-order valence-electron chi connectivity index (χ0n) is 29.2. The van der Waals surface area contributed by atoms with Gasteiger partial charge in [0.2, 0.25) is 10.0 Å². The smallest absolute Gasteiger partial charge is 0.251 e. The number of sulfonamides is 1. The molecule has 12 heteroatoms. The lowest BCUT2D eigenvalue weighted by Gasteiger charge is -2.26. The van der Waals surface area contributed by atoms with Gasteiger partial charge in [-0.3, -0.25) is 14.1 Å². The number of anilines is 2. The van der Waals surface area contributed by atoms with Crippen molar-refractivity contribution >= 4 is 27.6 Å². The monoisotopic (exact) mass is 680 g/mol. The second kappa shape index (κ2) is 16.1. The maximum Gasteiger partial charge on any atom is 0.251 e. The Kier molecular flexibility index (Phi) is 12.4. The molecule has 1 amide bonds. The van der Waals surface area contributed by atoms with E-state index in [1.807, 2.05) is 12.1 Å². The van der Waals surface area contributed by atoms with E-state index in [9.17, 15) is 18.3 Å². The Morgan fingerprint density at radius 1 is 1.12 bits per heavy atom. The van der Waals surface area contributed by atoms with E-state index in [0.717, 1.165) is 22.7 Å². The first-order valence-corrected chi connectivity index (χ1v) is 18.2. The van der Waals surface area contributed by atoms with E-state index in [4.69, 9.17) is 4.74 Å². The van der Waals surface area contributed by atoms with Gasteiger partial charge in [0.05, 0.1) is 23.6 Å². The normalized spacial score (nSPS) is 17.4. The highest BCUT2D eigenvalue weighted by Crippen LogP contribution is 2.37. The largest absolute Gasteiger partial charge is 0.490 e. The van der Waals surface area contributed by atoms with Gasteiger partial charge in [-0.2, -0.15) is 0 Å². The minimum absolute atomic E-state index is 0.0222. The lowest BCUT2D eigenvalue weighted by molar-refractivity contribution is 0.0732. The van der Waals surface area contributed by atoms with Crippen LogP contribution in [-0.2, 0) is 23.0 Å². The molecule has 48 heavy (non-hydrogen) atoms. The van der Waals surface area contributed by atoms with Crippen LogP contribution in [0.25, 0.3) is 0 Å². The Balaban J connectivity index is 1.51. The number of carbonyl (C=O) groups excluding carboxylic acids is 1. The Morgan fingerprint density at radius 3 is 2.50 bits per heavy atom. The molecule has 4 unspecified atom stereocenters. The summed E-state index contributed by atoms with van der Waals surface area (Å²) in [5.74, 6) is 1.65. The molecule has 262 valence electrons. The second-order valence-corrected chi connectivity index (χ2v) is 16.9. The first-order chi connectivity index (χ1) is 22.6. The molecule has 4 atom stereocenters. The summed E-state index contributed by atoms with van der Waals surface area (Å²) in [5, 5.41) is 20.2. The summed E-state index contributed by atoms with van der Waals surface area (Å²) >= 11 is 0. The second-order valence-electron chi connectivity index (χ2n) is 14.3. The number of benzene rings is 1. The number of rotatable bonds is 17. The van der Waals surface area contributed by atoms with Crippen LogP contribution in [0.5, 0.6) is 5.75 Å². The predicted molar refractivity (Wildman–Crippen MR) is 191 cm³/mol. The fraction of sp³-hybridized carbons (Fsp3) is 0.528. The van der Waals surface area contributed by atoms with Crippen molar-refractivity contribution < 1.29 is 23.1 Å². The molecule has 2 heterocycles. The van der Waals surface area contributed by atoms with Gasteiger partial charge in [0.15, 0.2) is 0 Å². The van der Waals surface area contributed by atoms with Crippen molar-refractivity contribution in [2.75, 3.05) is 36.4 Å². The van der Waals surface area contributed by atoms with Gasteiger partial charge < -0.3 is 25.8 Å². The molecule has 1 fully saturated rings. The fourth-order valence-corrected chi connectivity index (χ4v) is 6.34. The van der Waals surface area contributed by atoms with E-state index >= 15 is 0 Å². The summed E-state index contributed by atoms with van der Waals surface area (Å²) in [6.07, 6.45) is 4.24. The third kappa shape index (κ3) is 10.9. The number of carbonyl (C=O) groups is 1. The zero-order valence-corrected chi connectivity index (χ0v) is 30.0. The fourth-order valence-electron chi connectivity index (χ4n) is 5.35. The number of pyridine rings is 2. The minimum Gasteiger partial charge on any atom is -0.490 e. The van der Waals surface area contributed by atoms with Crippen molar-refractivity contribution in [3.63, 3.8) is 0 Å². The molecule has 1 aromatic carbocycles. The third-order valence-electron chi connectivity index (χ3n) is 8.45. The number of aliphatic hydroxyl groups is 1. The number of aliphatic hydroxyl groups excluding tert-OH is 1. The summed E-state index contributed by atoms with van der Waals surface area (Å²) in [6, 6.07) is 14.1. The van der Waals surface area contributed by atoms with Crippen LogP contribution in [0.15, 0.2) is 60.9 Å². The lowest BCUT2D eigenvalue weighted by atomic mass is 9.88. The number of nitrogens with one attached hydrogen (secondary N) is 3. The molecule has 4 rings (SSSR count). The van der Waals surface area contributed by atoms with Crippen LogP contribution in [-0.4, -0.2) is 73.5 Å². The summed E-state index contributed by atoms with van der Waals surface area (Å²) in [4.78, 5) is 22.4. The Bertz CT molecular complexity index is 1610. The van der Waals surface area contributed by atoms with Crippen molar-refractivity contribution in [1.29, 1.82) is 0 Å². The molecule has 1 saturated carbocycles. The van der Waals surface area contributed by atoms with Crippen LogP contribution in [0.1, 0.15) is 69.4 Å². The first kappa shape index (κ1) is 37.1. The molecule has 2 aromatic heterocycles. The molecule has 3 aromatic rings. The average Bonchev–Trinajstić information content (AvgIpc) is 3.75. The van der Waals surface area contributed by atoms with E-state index in [0.29, 0.717) is 36.5 Å². The minimum atomic E-state index is -3.70. The van der Waals surface area contributed by atoms with Gasteiger partial charge in [0.25, 0.3) is 5.91 Å². The van der Waals surface area contributed by atoms with E-state index in [1.54, 1.807) is 44.4 Å². The summed E-state index contributed by atoms with van der Waals surface area (Å²) in [6.45, 7) is 13.4. The lowest BCUT2D eigenvalue weighted by Crippen LogP contribution is -2.50. The van der Waals surface area contributed by atoms with Crippen molar-refractivity contribution in [1.82, 2.24) is 20.6 Å². The Morgan fingerprint density at radius 2 is 1.85 bits per heavy atom. The highest BCUT2D eigenvalue weighted by Gasteiger charge is 2.32. The van der Waals surface area contributed by atoms with Crippen LogP contribution in [0, 0.1) is 17.3 Å². The SMILES string of the molecule is CC1CC1CNc1cc(C(=O)NC(COc2cccnc2)C(O)CNCc2cccc(CC(C)(C)C)c2)cc(N(C)S(=O)(=O)C(C)C)n1. The molecule has 0 bridgehead atoms. The quantitative estimate of drug-likeness (QED) is 0.160. The molecule has 0 aliphatic heterocycles. The molecule has 1 aliphatic rings. The standard InChI is InChI=1S/C36H52N6O5S/c1-24(2)48(45,46)42(7)34-17-28(16-33(41-34)39-20-29-14-25(29)3)35(44)40-31(23-47-30-12-9-13-37-21-30)32(43)22-38-19-27-11-8-10-26(15-27)18-36(4,5)6/h8-13,15-17,21,24-25,29,31-32,38,43H,14,18-20,22-23H2,1-7H3,(H,39,41)(H,40,44). The topological polar surface area (TPSA) is 146 Å². The van der Waals surface area contributed by atoms with Gasteiger partial charge in [0, 0.05) is 38.4 Å². The van der Waals surface area contributed by atoms with Crippen molar-refractivity contribution in [2.24, 2.45) is 17.3 Å². The van der Waals surface area contributed by atoms with Gasteiger partial charge in [0.1, 0.15) is 24.0 Å². The summed E-state index contributed by atoms with van der Waals surface area (Å²) in [7, 11) is -2.27. The van der Waals surface area contributed by atoms with Gasteiger partial charge in [-0.1, -0.05) is 52.0 Å². The third-order valence-corrected chi connectivity index (χ3v) is 10.6. The highest BCUT2D eigenvalue weighted by molar-refractivity contribution is 7.93. The van der Waals surface area contributed by atoms with Crippen molar-refractivity contribution in [3.05, 3.63) is 77.6 Å². The molecular formula is C36H52N6O5S. The molecular weight excluding hydrogens is 629 g/mol. The van der Waals surface area contributed by atoms with Gasteiger partial charge in [-0.05, 0) is 79.3 Å². The van der Waals surface area contributed by atoms with Crippen LogP contribution in [0.2, 0.25) is 0 Å². The van der Waals surface area contributed by atoms with E-state index in [-0.39, 0.29) is 29.9 Å². The van der Waals surface area contributed by atoms with Crippen LogP contribution in [0.4, 0.5) is 11.6 Å². The first-order valence-electron chi connectivity index (χ1n) is 16.7. The van der Waals surface area contributed by atoms with E-state index < -0.39 is 33.3 Å². The zero-order chi connectivity index (χ0) is 35.1. The van der Waals surface area contributed by atoms with Crippen LogP contribution < -0.4 is 25.0 Å². The number of nitrogens with zero attached hydrogens (tertiary/aromatic N) is 3. The van der Waals surface area contributed by atoms with Gasteiger partial charge in [-0.15, -0.1) is 0 Å². The van der Waals surface area contributed by atoms with Gasteiger partial charge in [-0.25, -0.2) is 13.4 Å². The molecule has 0 saturated heterocycles. The van der Waals surface area contributed by atoms with E-state index in [2.05, 4.69) is 65.7 Å². The molecule has 11 nitrogen and oxygen atoms in total.